The summed E-state index contributed by atoms with van der Waals surface area (Å²) in [6.07, 6.45) is -1.11. The first-order valence-corrected chi connectivity index (χ1v) is 9.93. The molecule has 1 amide bonds. The van der Waals surface area contributed by atoms with E-state index in [1.807, 2.05) is 0 Å². The number of nitrogens with one attached hydrogen (secondary N) is 2. The fourth-order valence-electron chi connectivity index (χ4n) is 2.36. The number of carbonyl (C=O) groups is 2. The summed E-state index contributed by atoms with van der Waals surface area (Å²) >= 11 is 0. The molecule has 28 heavy (non-hydrogen) atoms. The van der Waals surface area contributed by atoms with Crippen molar-refractivity contribution in [2.45, 2.75) is 30.9 Å². The third-order valence-electron chi connectivity index (χ3n) is 4.03. The number of ether oxygens (including phenoxy) is 1. The lowest BCUT2D eigenvalue weighted by molar-refractivity contribution is -0.129. The molecule has 0 aromatic heterocycles. The zero-order valence-corrected chi connectivity index (χ0v) is 16.4. The second kappa shape index (κ2) is 8.94. The van der Waals surface area contributed by atoms with Crippen molar-refractivity contribution in [2.24, 2.45) is 0 Å². The van der Waals surface area contributed by atoms with Crippen LogP contribution in [0.25, 0.3) is 0 Å². The summed E-state index contributed by atoms with van der Waals surface area (Å²) in [5.74, 6) is -1.75. The number of halogens is 1. The number of benzene rings is 2. The van der Waals surface area contributed by atoms with E-state index in [1.165, 1.54) is 50.4 Å². The minimum atomic E-state index is -3.71. The molecule has 0 saturated carbocycles. The van der Waals surface area contributed by atoms with Gasteiger partial charge in [-0.05, 0) is 56.8 Å². The van der Waals surface area contributed by atoms with Crippen molar-refractivity contribution in [1.82, 2.24) is 10.0 Å². The lowest BCUT2D eigenvalue weighted by Crippen LogP contribution is -2.37. The van der Waals surface area contributed by atoms with Gasteiger partial charge in [0.25, 0.3) is 5.91 Å². The number of rotatable bonds is 7. The molecular formula is C19H21FN2O5S. The fraction of sp³-hybridized carbons (Fsp3) is 0.263. The van der Waals surface area contributed by atoms with E-state index < -0.39 is 34.0 Å². The van der Waals surface area contributed by atoms with E-state index in [9.17, 15) is 22.4 Å². The molecular weight excluding hydrogens is 387 g/mol. The van der Waals surface area contributed by atoms with E-state index in [-0.39, 0.29) is 16.3 Å². The van der Waals surface area contributed by atoms with Crippen LogP contribution in [0.5, 0.6) is 0 Å². The SMILES string of the molecule is CNS(=O)(=O)c1cccc(C(=O)OC(C)C(=O)NC(C)c2ccc(F)cc2)c1. The summed E-state index contributed by atoms with van der Waals surface area (Å²) in [5.41, 5.74) is 0.695. The standard InChI is InChI=1S/C19H21FN2O5S/c1-12(14-7-9-16(20)10-8-14)22-18(23)13(2)27-19(24)15-5-4-6-17(11-15)28(25,26)21-3/h4-13,21H,1-3H3,(H,22,23). The van der Waals surface area contributed by atoms with Crippen LogP contribution in [0.2, 0.25) is 0 Å². The Balaban J connectivity index is 2.02. The molecule has 2 aromatic carbocycles. The van der Waals surface area contributed by atoms with Crippen LogP contribution >= 0.6 is 0 Å². The number of sulfonamides is 1. The maximum Gasteiger partial charge on any atom is 0.338 e. The Morgan fingerprint density at radius 1 is 1.07 bits per heavy atom. The highest BCUT2D eigenvalue weighted by Gasteiger charge is 2.22. The first kappa shape index (κ1) is 21.5. The predicted molar refractivity (Wildman–Crippen MR) is 101 cm³/mol. The number of hydrogen-bond acceptors (Lipinski definition) is 5. The van der Waals surface area contributed by atoms with Crippen molar-refractivity contribution in [3.05, 3.63) is 65.5 Å². The Kier molecular flexibility index (Phi) is 6.87. The number of amides is 1. The van der Waals surface area contributed by atoms with E-state index in [4.69, 9.17) is 4.74 Å². The summed E-state index contributed by atoms with van der Waals surface area (Å²) in [4.78, 5) is 24.4. The number of esters is 1. The maximum absolute atomic E-state index is 13.0. The molecule has 0 radical (unpaired) electrons. The molecule has 0 fully saturated rings. The normalized spacial score (nSPS) is 13.4. The van der Waals surface area contributed by atoms with Gasteiger partial charge in [0.2, 0.25) is 10.0 Å². The van der Waals surface area contributed by atoms with E-state index in [0.29, 0.717) is 5.56 Å². The quantitative estimate of drug-likeness (QED) is 0.684. The van der Waals surface area contributed by atoms with Crippen molar-refractivity contribution >= 4 is 21.9 Å². The average Bonchev–Trinajstić information content (AvgIpc) is 2.68. The van der Waals surface area contributed by atoms with Crippen LogP contribution in [0.1, 0.15) is 35.8 Å². The molecule has 0 spiro atoms. The van der Waals surface area contributed by atoms with Crippen LogP contribution in [0, 0.1) is 5.82 Å². The van der Waals surface area contributed by atoms with Crippen LogP contribution in [0.15, 0.2) is 53.4 Å². The Bertz CT molecular complexity index is 961. The predicted octanol–water partition coefficient (Wildman–Crippen LogP) is 2.16. The van der Waals surface area contributed by atoms with Crippen molar-refractivity contribution in [2.75, 3.05) is 7.05 Å². The molecule has 2 N–H and O–H groups in total. The van der Waals surface area contributed by atoms with Crippen molar-refractivity contribution in [3.63, 3.8) is 0 Å². The average molecular weight is 408 g/mol. The topological polar surface area (TPSA) is 102 Å². The molecule has 2 atom stereocenters. The molecule has 2 unspecified atom stereocenters. The van der Waals surface area contributed by atoms with Gasteiger partial charge in [-0.15, -0.1) is 0 Å². The molecule has 0 saturated heterocycles. The second-order valence-electron chi connectivity index (χ2n) is 6.06. The summed E-state index contributed by atoms with van der Waals surface area (Å²) < 4.78 is 43.9. The maximum atomic E-state index is 13.0. The summed E-state index contributed by atoms with van der Waals surface area (Å²) in [6, 6.07) is 10.5. The van der Waals surface area contributed by atoms with Crippen LogP contribution in [0.3, 0.4) is 0 Å². The van der Waals surface area contributed by atoms with Gasteiger partial charge >= 0.3 is 5.97 Å². The van der Waals surface area contributed by atoms with Gasteiger partial charge in [0.1, 0.15) is 5.82 Å². The summed E-state index contributed by atoms with van der Waals surface area (Å²) in [7, 11) is -2.45. The Morgan fingerprint density at radius 3 is 2.32 bits per heavy atom. The van der Waals surface area contributed by atoms with Crippen LogP contribution in [0.4, 0.5) is 4.39 Å². The van der Waals surface area contributed by atoms with Gasteiger partial charge in [0.05, 0.1) is 16.5 Å². The molecule has 9 heteroatoms. The molecule has 7 nitrogen and oxygen atoms in total. The van der Waals surface area contributed by atoms with Crippen LogP contribution in [-0.4, -0.2) is 33.4 Å². The van der Waals surface area contributed by atoms with Crippen molar-refractivity contribution < 1.29 is 27.1 Å². The molecule has 0 aliphatic carbocycles. The Hall–Kier alpha value is -2.78. The summed E-state index contributed by atoms with van der Waals surface area (Å²) in [5, 5.41) is 2.67. The van der Waals surface area contributed by atoms with Crippen molar-refractivity contribution in [3.8, 4) is 0 Å². The van der Waals surface area contributed by atoms with Crippen molar-refractivity contribution in [1.29, 1.82) is 0 Å². The van der Waals surface area contributed by atoms with Gasteiger partial charge in [0.15, 0.2) is 6.10 Å². The van der Waals surface area contributed by atoms with E-state index in [0.717, 1.165) is 0 Å². The van der Waals surface area contributed by atoms with Gasteiger partial charge in [-0.25, -0.2) is 22.3 Å². The summed E-state index contributed by atoms with van der Waals surface area (Å²) in [6.45, 7) is 3.12. The van der Waals surface area contributed by atoms with Gasteiger partial charge in [-0.1, -0.05) is 18.2 Å². The van der Waals surface area contributed by atoms with E-state index >= 15 is 0 Å². The third kappa shape index (κ3) is 5.37. The minimum Gasteiger partial charge on any atom is -0.449 e. The molecule has 0 aliphatic rings. The highest BCUT2D eigenvalue weighted by Crippen LogP contribution is 2.15. The van der Waals surface area contributed by atoms with Gasteiger partial charge in [-0.2, -0.15) is 0 Å². The van der Waals surface area contributed by atoms with E-state index in [2.05, 4.69) is 10.0 Å². The minimum absolute atomic E-state index is 0.00237. The smallest absolute Gasteiger partial charge is 0.338 e. The Labute approximate surface area is 163 Å². The largest absolute Gasteiger partial charge is 0.449 e. The first-order chi connectivity index (χ1) is 13.1. The highest BCUT2D eigenvalue weighted by atomic mass is 32.2. The first-order valence-electron chi connectivity index (χ1n) is 8.44. The van der Waals surface area contributed by atoms with Gasteiger partial charge < -0.3 is 10.1 Å². The zero-order valence-electron chi connectivity index (χ0n) is 15.6. The fourth-order valence-corrected chi connectivity index (χ4v) is 3.13. The van der Waals surface area contributed by atoms with E-state index in [1.54, 1.807) is 19.1 Å². The molecule has 0 heterocycles. The molecule has 150 valence electrons. The molecule has 2 rings (SSSR count). The lowest BCUT2D eigenvalue weighted by Gasteiger charge is -2.18. The number of carbonyl (C=O) groups excluding carboxylic acids is 2. The Morgan fingerprint density at radius 2 is 1.71 bits per heavy atom. The third-order valence-corrected chi connectivity index (χ3v) is 5.44. The zero-order chi connectivity index (χ0) is 20.9. The highest BCUT2D eigenvalue weighted by molar-refractivity contribution is 7.89. The lowest BCUT2D eigenvalue weighted by atomic mass is 10.1. The molecule has 0 aliphatic heterocycles. The van der Waals surface area contributed by atoms with Gasteiger partial charge in [-0.3, -0.25) is 4.79 Å². The molecule has 0 bridgehead atoms. The second-order valence-corrected chi connectivity index (χ2v) is 7.95. The van der Waals surface area contributed by atoms with Crippen LogP contribution < -0.4 is 10.0 Å². The van der Waals surface area contributed by atoms with Crippen LogP contribution in [-0.2, 0) is 19.6 Å². The number of hydrogen-bond donors (Lipinski definition) is 2. The molecule has 2 aromatic rings. The monoisotopic (exact) mass is 408 g/mol. The van der Waals surface area contributed by atoms with Gasteiger partial charge in [0, 0.05) is 0 Å².